The van der Waals surface area contributed by atoms with Crippen molar-refractivity contribution in [2.45, 2.75) is 39.2 Å². The van der Waals surface area contributed by atoms with Crippen molar-refractivity contribution in [1.82, 2.24) is 9.38 Å². The molecule has 2 aromatic heterocycles. The van der Waals surface area contributed by atoms with Crippen LogP contribution in [0.3, 0.4) is 0 Å². The third kappa shape index (κ3) is 2.71. The summed E-state index contributed by atoms with van der Waals surface area (Å²) in [6.45, 7) is 4.81. The first-order valence-corrected chi connectivity index (χ1v) is 9.44. The molecule has 6 heteroatoms. The van der Waals surface area contributed by atoms with Crippen LogP contribution in [0.25, 0.3) is 16.7 Å². The van der Waals surface area contributed by atoms with Crippen molar-refractivity contribution >= 4 is 28.4 Å². The van der Waals surface area contributed by atoms with E-state index < -0.39 is 0 Å². The number of nitrogens with two attached hydrogens (primary N) is 1. The van der Waals surface area contributed by atoms with Gasteiger partial charge in [-0.05, 0) is 49.9 Å². The summed E-state index contributed by atoms with van der Waals surface area (Å²) in [5, 5.41) is 9.76. The topological polar surface area (TPSA) is 87.4 Å². The van der Waals surface area contributed by atoms with Gasteiger partial charge in [0.1, 0.15) is 11.9 Å². The Balaban J connectivity index is 2.02. The fourth-order valence-electron chi connectivity index (χ4n) is 4.13. The first kappa shape index (κ1) is 17.3. The molecule has 3 heterocycles. The van der Waals surface area contributed by atoms with Crippen molar-refractivity contribution in [2.75, 3.05) is 11.4 Å². The number of aromatic nitrogens is 2. The van der Waals surface area contributed by atoms with E-state index in [-0.39, 0.29) is 17.9 Å². The molecule has 27 heavy (non-hydrogen) atoms. The van der Waals surface area contributed by atoms with Crippen LogP contribution in [0.4, 0.5) is 5.82 Å². The fourth-order valence-corrected chi connectivity index (χ4v) is 4.13. The van der Waals surface area contributed by atoms with Crippen LogP contribution in [0, 0.1) is 17.2 Å². The first-order chi connectivity index (χ1) is 13.0. The third-order valence-corrected chi connectivity index (χ3v) is 5.71. The minimum atomic E-state index is -0.247. The second-order valence-corrected chi connectivity index (χ2v) is 7.31. The average Bonchev–Trinajstić information content (AvgIpc) is 3.06. The van der Waals surface area contributed by atoms with Crippen LogP contribution in [0.15, 0.2) is 30.3 Å². The maximum absolute atomic E-state index is 11.8. The third-order valence-electron chi connectivity index (χ3n) is 5.71. The molecule has 138 valence electrons. The SMILES string of the molecule is CCc1cc(N2CC(C(N)=O)CCC2C)n2c(nc3ccccc32)c1C#N. The van der Waals surface area contributed by atoms with Crippen molar-refractivity contribution in [3.05, 3.63) is 41.5 Å². The molecule has 4 rings (SSSR count). The lowest BCUT2D eigenvalue weighted by molar-refractivity contribution is -0.122. The van der Waals surface area contributed by atoms with Crippen LogP contribution in [0.1, 0.15) is 37.8 Å². The minimum absolute atomic E-state index is 0.160. The number of amides is 1. The largest absolute Gasteiger partial charge is 0.369 e. The van der Waals surface area contributed by atoms with Gasteiger partial charge in [-0.2, -0.15) is 5.26 Å². The van der Waals surface area contributed by atoms with Gasteiger partial charge >= 0.3 is 0 Å². The molecule has 0 aliphatic carbocycles. The zero-order valence-corrected chi connectivity index (χ0v) is 15.6. The van der Waals surface area contributed by atoms with E-state index in [4.69, 9.17) is 10.7 Å². The van der Waals surface area contributed by atoms with Crippen LogP contribution in [-0.4, -0.2) is 27.9 Å². The number of anilines is 1. The van der Waals surface area contributed by atoms with Gasteiger partial charge in [0.15, 0.2) is 5.65 Å². The van der Waals surface area contributed by atoms with E-state index in [0.29, 0.717) is 17.8 Å². The number of piperidine rings is 1. The molecule has 2 unspecified atom stereocenters. The van der Waals surface area contributed by atoms with Gasteiger partial charge in [0, 0.05) is 12.6 Å². The van der Waals surface area contributed by atoms with Gasteiger partial charge in [0.25, 0.3) is 0 Å². The number of carbonyl (C=O) groups is 1. The second-order valence-electron chi connectivity index (χ2n) is 7.31. The van der Waals surface area contributed by atoms with E-state index in [2.05, 4.69) is 28.4 Å². The molecule has 3 aromatic rings. The Labute approximate surface area is 158 Å². The van der Waals surface area contributed by atoms with Crippen molar-refractivity contribution in [2.24, 2.45) is 11.7 Å². The second kappa shape index (κ2) is 6.58. The summed E-state index contributed by atoms with van der Waals surface area (Å²) in [6.07, 6.45) is 2.47. The number of imidazole rings is 1. The lowest BCUT2D eigenvalue weighted by Gasteiger charge is -2.39. The van der Waals surface area contributed by atoms with E-state index in [1.807, 2.05) is 31.2 Å². The molecule has 1 saturated heterocycles. The summed E-state index contributed by atoms with van der Waals surface area (Å²) in [4.78, 5) is 18.8. The first-order valence-electron chi connectivity index (χ1n) is 9.44. The number of nitrogens with zero attached hydrogens (tertiary/aromatic N) is 4. The number of primary amides is 1. The monoisotopic (exact) mass is 361 g/mol. The summed E-state index contributed by atoms with van der Waals surface area (Å²) in [6, 6.07) is 12.6. The number of carbonyl (C=O) groups excluding carboxylic acids is 1. The van der Waals surface area contributed by atoms with E-state index >= 15 is 0 Å². The number of nitriles is 1. The lowest BCUT2D eigenvalue weighted by atomic mass is 9.92. The molecular formula is C21H23N5O. The molecule has 2 atom stereocenters. The van der Waals surface area contributed by atoms with Gasteiger partial charge in [0.05, 0.1) is 22.5 Å². The zero-order valence-electron chi connectivity index (χ0n) is 15.6. The molecule has 2 N–H and O–H groups in total. The molecule has 0 bridgehead atoms. The average molecular weight is 361 g/mol. The highest BCUT2D eigenvalue weighted by Crippen LogP contribution is 2.33. The minimum Gasteiger partial charge on any atom is -0.369 e. The van der Waals surface area contributed by atoms with Gasteiger partial charge < -0.3 is 10.6 Å². The van der Waals surface area contributed by atoms with Crippen LogP contribution < -0.4 is 10.6 Å². The molecule has 1 aromatic carbocycles. The number of benzene rings is 1. The van der Waals surface area contributed by atoms with Crippen molar-refractivity contribution in [1.29, 1.82) is 5.26 Å². The Morgan fingerprint density at radius 1 is 1.37 bits per heavy atom. The highest BCUT2D eigenvalue weighted by atomic mass is 16.1. The number of para-hydroxylation sites is 2. The van der Waals surface area contributed by atoms with Crippen LogP contribution in [0.2, 0.25) is 0 Å². The molecule has 1 aliphatic heterocycles. The smallest absolute Gasteiger partial charge is 0.222 e. The quantitative estimate of drug-likeness (QED) is 0.777. The van der Waals surface area contributed by atoms with Gasteiger partial charge in [-0.3, -0.25) is 9.20 Å². The van der Waals surface area contributed by atoms with Gasteiger partial charge in [0.2, 0.25) is 5.91 Å². The van der Waals surface area contributed by atoms with E-state index in [9.17, 15) is 10.1 Å². The summed E-state index contributed by atoms with van der Waals surface area (Å²) in [5.41, 5.74) is 9.72. The maximum atomic E-state index is 11.8. The standard InChI is InChI=1S/C21H23N5O/c1-3-14-10-19(25-12-15(20(23)27)9-8-13(25)2)26-18-7-5-4-6-17(18)24-21(26)16(14)11-22/h4-7,10,13,15H,3,8-9,12H2,1-2H3,(H2,23,27). The Hall–Kier alpha value is -3.07. The number of fused-ring (bicyclic) bond motifs is 3. The normalized spacial score (nSPS) is 20.1. The van der Waals surface area contributed by atoms with Crippen LogP contribution >= 0.6 is 0 Å². The Bertz CT molecular complexity index is 1080. The predicted octanol–water partition coefficient (Wildman–Crippen LogP) is 3.01. The molecule has 0 spiro atoms. The number of hydrogen-bond acceptors (Lipinski definition) is 4. The summed E-state index contributed by atoms with van der Waals surface area (Å²) < 4.78 is 2.06. The van der Waals surface area contributed by atoms with Gasteiger partial charge in [-0.15, -0.1) is 0 Å². The van der Waals surface area contributed by atoms with E-state index in [1.165, 1.54) is 0 Å². The molecule has 0 radical (unpaired) electrons. The zero-order chi connectivity index (χ0) is 19.1. The summed E-state index contributed by atoms with van der Waals surface area (Å²) in [7, 11) is 0. The maximum Gasteiger partial charge on any atom is 0.222 e. The van der Waals surface area contributed by atoms with E-state index in [0.717, 1.165) is 41.7 Å². The van der Waals surface area contributed by atoms with Gasteiger partial charge in [-0.25, -0.2) is 4.98 Å². The predicted molar refractivity (Wildman–Crippen MR) is 106 cm³/mol. The Morgan fingerprint density at radius 3 is 2.85 bits per heavy atom. The number of hydrogen-bond donors (Lipinski definition) is 1. The Kier molecular flexibility index (Phi) is 4.23. The van der Waals surface area contributed by atoms with Crippen molar-refractivity contribution < 1.29 is 4.79 Å². The highest BCUT2D eigenvalue weighted by molar-refractivity contribution is 5.85. The molecule has 0 saturated carbocycles. The van der Waals surface area contributed by atoms with E-state index in [1.54, 1.807) is 0 Å². The van der Waals surface area contributed by atoms with Crippen LogP contribution in [-0.2, 0) is 11.2 Å². The van der Waals surface area contributed by atoms with Gasteiger partial charge in [-0.1, -0.05) is 19.1 Å². The molecule has 6 nitrogen and oxygen atoms in total. The Morgan fingerprint density at radius 2 is 2.15 bits per heavy atom. The highest BCUT2D eigenvalue weighted by Gasteiger charge is 2.31. The fraction of sp³-hybridized carbons (Fsp3) is 0.381. The molecule has 1 fully saturated rings. The van der Waals surface area contributed by atoms with Crippen molar-refractivity contribution in [3.8, 4) is 6.07 Å². The van der Waals surface area contributed by atoms with Crippen LogP contribution in [0.5, 0.6) is 0 Å². The van der Waals surface area contributed by atoms with Crippen molar-refractivity contribution in [3.63, 3.8) is 0 Å². The molecule has 1 aliphatic rings. The molecule has 1 amide bonds. The molecular weight excluding hydrogens is 338 g/mol. The number of pyridine rings is 1. The summed E-state index contributed by atoms with van der Waals surface area (Å²) in [5.74, 6) is 0.572. The lowest BCUT2D eigenvalue weighted by Crippen LogP contribution is -2.46. The number of rotatable bonds is 3. The summed E-state index contributed by atoms with van der Waals surface area (Å²) >= 11 is 0. The number of aryl methyl sites for hydroxylation is 1.